The summed E-state index contributed by atoms with van der Waals surface area (Å²) in [6, 6.07) is 59.9. The Balaban J connectivity index is 1.28. The first-order valence-corrected chi connectivity index (χ1v) is 16.2. The van der Waals surface area contributed by atoms with E-state index in [1.165, 1.54) is 87.2 Å². The van der Waals surface area contributed by atoms with Gasteiger partial charge < -0.3 is 0 Å². The van der Waals surface area contributed by atoms with E-state index < -0.39 is 0 Å². The normalized spacial score (nSPS) is 11.7. The molecule has 45 heavy (non-hydrogen) atoms. The van der Waals surface area contributed by atoms with Gasteiger partial charge in [-0.1, -0.05) is 168 Å². The molecule has 0 heterocycles. The summed E-state index contributed by atoms with van der Waals surface area (Å²) in [4.78, 5) is 0. The second kappa shape index (κ2) is 10.4. The molecule has 0 bridgehead atoms. The van der Waals surface area contributed by atoms with E-state index in [0.717, 1.165) is 4.47 Å². The number of benzene rings is 9. The molecule has 0 nitrogen and oxygen atoms in total. The lowest BCUT2D eigenvalue weighted by Crippen LogP contribution is -1.91. The maximum absolute atomic E-state index is 3.85. The summed E-state index contributed by atoms with van der Waals surface area (Å²) >= 11 is 3.85. The second-order valence-electron chi connectivity index (χ2n) is 11.8. The van der Waals surface area contributed by atoms with Gasteiger partial charge >= 0.3 is 0 Å². The third kappa shape index (κ3) is 4.12. The SMILES string of the molecule is Brc1cc2c3ccccc3c(-c3ccc(-c4c5ccccc5c(-c5ccccc5)c5ccccc45)cc3)cc2c2ccccc12. The van der Waals surface area contributed by atoms with Crippen LogP contribution in [0.25, 0.3) is 87.2 Å². The summed E-state index contributed by atoms with van der Waals surface area (Å²) in [5.74, 6) is 0. The molecular weight excluding hydrogens is 608 g/mol. The highest BCUT2D eigenvalue weighted by Crippen LogP contribution is 2.45. The van der Waals surface area contributed by atoms with Gasteiger partial charge in [-0.2, -0.15) is 0 Å². The number of hydrogen-bond donors (Lipinski definition) is 0. The fourth-order valence-corrected chi connectivity index (χ4v) is 7.89. The predicted octanol–water partition coefficient (Wildman–Crippen LogP) is 13.2. The number of fused-ring (bicyclic) bond motifs is 7. The van der Waals surface area contributed by atoms with Crippen molar-refractivity contribution in [2.75, 3.05) is 0 Å². The van der Waals surface area contributed by atoms with Crippen LogP contribution in [0, 0.1) is 0 Å². The molecule has 0 radical (unpaired) electrons. The van der Waals surface area contributed by atoms with Crippen LogP contribution in [-0.2, 0) is 0 Å². The van der Waals surface area contributed by atoms with Gasteiger partial charge in [0.15, 0.2) is 0 Å². The average molecular weight is 636 g/mol. The Morgan fingerprint density at radius 1 is 0.267 bits per heavy atom. The molecule has 9 rings (SSSR count). The van der Waals surface area contributed by atoms with E-state index in [1.54, 1.807) is 0 Å². The van der Waals surface area contributed by atoms with Crippen molar-refractivity contribution < 1.29 is 0 Å². The van der Waals surface area contributed by atoms with Crippen molar-refractivity contribution in [1.82, 2.24) is 0 Å². The van der Waals surface area contributed by atoms with Crippen molar-refractivity contribution in [3.8, 4) is 33.4 Å². The van der Waals surface area contributed by atoms with Gasteiger partial charge in [0.25, 0.3) is 0 Å². The van der Waals surface area contributed by atoms with E-state index in [0.29, 0.717) is 0 Å². The van der Waals surface area contributed by atoms with E-state index >= 15 is 0 Å². The predicted molar refractivity (Wildman–Crippen MR) is 198 cm³/mol. The zero-order chi connectivity index (χ0) is 29.9. The summed E-state index contributed by atoms with van der Waals surface area (Å²) in [7, 11) is 0. The van der Waals surface area contributed by atoms with Crippen LogP contribution in [0.15, 0.2) is 168 Å². The summed E-state index contributed by atoms with van der Waals surface area (Å²) in [6.07, 6.45) is 0. The first kappa shape index (κ1) is 26.2. The fourth-order valence-electron chi connectivity index (χ4n) is 7.32. The summed E-state index contributed by atoms with van der Waals surface area (Å²) in [5.41, 5.74) is 7.53. The third-order valence-corrected chi connectivity index (χ3v) is 9.97. The first-order valence-electron chi connectivity index (χ1n) is 15.4. The average Bonchev–Trinajstić information content (AvgIpc) is 3.11. The smallest absolute Gasteiger partial charge is 0.0260 e. The van der Waals surface area contributed by atoms with Crippen LogP contribution in [0.3, 0.4) is 0 Å². The minimum Gasteiger partial charge on any atom is -0.0622 e. The Hall–Kier alpha value is -5.24. The van der Waals surface area contributed by atoms with Gasteiger partial charge in [0.05, 0.1) is 0 Å². The van der Waals surface area contributed by atoms with Crippen molar-refractivity contribution in [1.29, 1.82) is 0 Å². The van der Waals surface area contributed by atoms with Crippen LogP contribution in [0.1, 0.15) is 0 Å². The van der Waals surface area contributed by atoms with Crippen molar-refractivity contribution in [3.63, 3.8) is 0 Å². The molecule has 0 saturated heterocycles. The van der Waals surface area contributed by atoms with E-state index in [1.807, 2.05) is 0 Å². The molecule has 0 amide bonds. The lowest BCUT2D eigenvalue weighted by atomic mass is 9.85. The molecular formula is C44H27Br. The van der Waals surface area contributed by atoms with Crippen molar-refractivity contribution in [2.24, 2.45) is 0 Å². The zero-order valence-corrected chi connectivity index (χ0v) is 26.1. The molecule has 0 aliphatic heterocycles. The first-order chi connectivity index (χ1) is 22.3. The zero-order valence-electron chi connectivity index (χ0n) is 24.5. The molecule has 0 aliphatic carbocycles. The van der Waals surface area contributed by atoms with Gasteiger partial charge in [0.2, 0.25) is 0 Å². The molecule has 0 spiro atoms. The Morgan fingerprint density at radius 3 is 1.20 bits per heavy atom. The van der Waals surface area contributed by atoms with E-state index in [4.69, 9.17) is 0 Å². The number of halogens is 1. The summed E-state index contributed by atoms with van der Waals surface area (Å²) < 4.78 is 1.13. The molecule has 1 heteroatoms. The Bertz CT molecular complexity index is 2520. The highest BCUT2D eigenvalue weighted by molar-refractivity contribution is 9.10. The molecule has 0 saturated carbocycles. The van der Waals surface area contributed by atoms with Crippen LogP contribution in [0.5, 0.6) is 0 Å². The molecule has 0 fully saturated rings. The molecule has 0 aliphatic rings. The molecule has 9 aromatic carbocycles. The second-order valence-corrected chi connectivity index (χ2v) is 12.6. The summed E-state index contributed by atoms with van der Waals surface area (Å²) in [5, 5.41) is 12.7. The standard InChI is InChI=1S/C44H27Br/c45-42-27-41-32-15-5-4-14-31(32)39(26-40(41)33-16-6-7-17-34(33)42)28-22-24-30(25-23-28)44-37-20-10-8-18-35(37)43(29-12-2-1-3-13-29)36-19-9-11-21-38(36)44/h1-27H. The molecule has 0 N–H and O–H groups in total. The van der Waals surface area contributed by atoms with Crippen molar-refractivity contribution in [3.05, 3.63) is 168 Å². The van der Waals surface area contributed by atoms with Gasteiger partial charge in [0.1, 0.15) is 0 Å². The van der Waals surface area contributed by atoms with Gasteiger partial charge in [-0.25, -0.2) is 0 Å². The quantitative estimate of drug-likeness (QED) is 0.134. The number of rotatable bonds is 3. The Kier molecular flexibility index (Phi) is 6.07. The largest absolute Gasteiger partial charge is 0.0622 e. The van der Waals surface area contributed by atoms with Crippen LogP contribution in [-0.4, -0.2) is 0 Å². The highest BCUT2D eigenvalue weighted by Gasteiger charge is 2.17. The Morgan fingerprint density at radius 2 is 0.644 bits per heavy atom. The topological polar surface area (TPSA) is 0 Å². The van der Waals surface area contributed by atoms with Crippen LogP contribution < -0.4 is 0 Å². The maximum atomic E-state index is 3.85. The van der Waals surface area contributed by atoms with Gasteiger partial charge in [-0.3, -0.25) is 0 Å². The third-order valence-electron chi connectivity index (χ3n) is 9.31. The van der Waals surface area contributed by atoms with Crippen molar-refractivity contribution in [2.45, 2.75) is 0 Å². The minimum atomic E-state index is 1.13. The molecule has 9 aromatic rings. The van der Waals surface area contributed by atoms with E-state index in [2.05, 4.69) is 180 Å². The molecule has 210 valence electrons. The Labute approximate surface area is 270 Å². The van der Waals surface area contributed by atoms with Crippen LogP contribution in [0.4, 0.5) is 0 Å². The maximum Gasteiger partial charge on any atom is 0.0260 e. The fraction of sp³-hybridized carbons (Fsp3) is 0. The molecule has 0 aromatic heterocycles. The van der Waals surface area contributed by atoms with Gasteiger partial charge in [-0.15, -0.1) is 0 Å². The molecule has 0 unspecified atom stereocenters. The van der Waals surface area contributed by atoms with Gasteiger partial charge in [0, 0.05) is 4.47 Å². The van der Waals surface area contributed by atoms with E-state index in [9.17, 15) is 0 Å². The summed E-state index contributed by atoms with van der Waals surface area (Å²) in [6.45, 7) is 0. The van der Waals surface area contributed by atoms with Gasteiger partial charge in [-0.05, 0) is 99.4 Å². The van der Waals surface area contributed by atoms with E-state index in [-0.39, 0.29) is 0 Å². The lowest BCUT2D eigenvalue weighted by molar-refractivity contribution is 1.64. The van der Waals surface area contributed by atoms with Crippen LogP contribution in [0.2, 0.25) is 0 Å². The number of hydrogen-bond acceptors (Lipinski definition) is 0. The monoisotopic (exact) mass is 634 g/mol. The lowest BCUT2D eigenvalue weighted by Gasteiger charge is -2.18. The minimum absolute atomic E-state index is 1.13. The molecule has 0 atom stereocenters. The highest BCUT2D eigenvalue weighted by atomic mass is 79.9. The van der Waals surface area contributed by atoms with Crippen molar-refractivity contribution >= 4 is 69.8 Å². The van der Waals surface area contributed by atoms with Crippen LogP contribution >= 0.6 is 15.9 Å².